The van der Waals surface area contributed by atoms with Crippen molar-refractivity contribution in [3.05, 3.63) is 24.2 Å². The Morgan fingerprint density at radius 1 is 1.69 bits per heavy atom. The average Bonchev–Trinajstić information content (AvgIpc) is 2.81. The molecule has 1 aromatic rings. The molecular weight excluding hydrogens is 210 g/mol. The number of hydrogen-bond acceptors (Lipinski definition) is 4. The van der Waals surface area contributed by atoms with E-state index in [1.165, 1.54) is 0 Å². The Hall–Kier alpha value is -1.33. The van der Waals surface area contributed by atoms with Crippen LogP contribution >= 0.6 is 0 Å². The van der Waals surface area contributed by atoms with Gasteiger partial charge in [-0.15, -0.1) is 0 Å². The van der Waals surface area contributed by atoms with Gasteiger partial charge in [0, 0.05) is 24.7 Å². The molecule has 0 spiro atoms. The minimum atomic E-state index is -0.899. The first-order valence-electron chi connectivity index (χ1n) is 5.29. The number of furan rings is 1. The number of carboxylic acids is 1. The molecule has 16 heavy (non-hydrogen) atoms. The Labute approximate surface area is 93.6 Å². The van der Waals surface area contributed by atoms with E-state index in [0.717, 1.165) is 12.1 Å². The largest absolute Gasteiger partial charge is 0.479 e. The SMILES string of the molecule is CC(c1ccoc1)N1CCOC(C(=O)O)C1. The van der Waals surface area contributed by atoms with Crippen LogP contribution in [0.2, 0.25) is 0 Å². The maximum Gasteiger partial charge on any atom is 0.334 e. The molecule has 0 aliphatic carbocycles. The van der Waals surface area contributed by atoms with Crippen molar-refractivity contribution in [3.63, 3.8) is 0 Å². The number of aliphatic carboxylic acids is 1. The Kier molecular flexibility index (Phi) is 3.26. The molecule has 2 heterocycles. The molecule has 0 bridgehead atoms. The van der Waals surface area contributed by atoms with Crippen molar-refractivity contribution in [1.29, 1.82) is 0 Å². The van der Waals surface area contributed by atoms with Crippen molar-refractivity contribution in [3.8, 4) is 0 Å². The topological polar surface area (TPSA) is 62.9 Å². The van der Waals surface area contributed by atoms with Gasteiger partial charge in [0.1, 0.15) is 0 Å². The maximum atomic E-state index is 10.8. The summed E-state index contributed by atoms with van der Waals surface area (Å²) in [6.45, 7) is 3.66. The first kappa shape index (κ1) is 11.2. The summed E-state index contributed by atoms with van der Waals surface area (Å²) in [7, 11) is 0. The van der Waals surface area contributed by atoms with Crippen molar-refractivity contribution < 1.29 is 19.1 Å². The lowest BCUT2D eigenvalue weighted by molar-refractivity contribution is -0.157. The molecule has 1 saturated heterocycles. The standard InChI is InChI=1S/C11H15NO4/c1-8(9-2-4-15-7-9)12-3-5-16-10(6-12)11(13)14/h2,4,7-8,10H,3,5-6H2,1H3,(H,13,14). The summed E-state index contributed by atoms with van der Waals surface area (Å²) in [6.07, 6.45) is 2.60. The van der Waals surface area contributed by atoms with Crippen molar-refractivity contribution in [2.24, 2.45) is 0 Å². The molecule has 0 aromatic carbocycles. The second-order valence-electron chi connectivity index (χ2n) is 3.93. The van der Waals surface area contributed by atoms with Crippen molar-refractivity contribution >= 4 is 5.97 Å². The minimum absolute atomic E-state index is 0.157. The van der Waals surface area contributed by atoms with E-state index in [4.69, 9.17) is 14.3 Å². The highest BCUT2D eigenvalue weighted by Gasteiger charge is 2.29. The molecule has 0 radical (unpaired) electrons. The summed E-state index contributed by atoms with van der Waals surface area (Å²) in [5, 5.41) is 8.90. The lowest BCUT2D eigenvalue weighted by atomic mass is 10.1. The molecule has 5 nitrogen and oxygen atoms in total. The number of nitrogens with zero attached hydrogens (tertiary/aromatic N) is 1. The highest BCUT2D eigenvalue weighted by molar-refractivity contribution is 5.72. The molecule has 2 unspecified atom stereocenters. The molecule has 2 rings (SSSR count). The van der Waals surface area contributed by atoms with Gasteiger partial charge < -0.3 is 14.3 Å². The third-order valence-corrected chi connectivity index (χ3v) is 2.95. The van der Waals surface area contributed by atoms with Crippen LogP contribution in [0.4, 0.5) is 0 Å². The number of rotatable bonds is 3. The van der Waals surface area contributed by atoms with Gasteiger partial charge in [-0.05, 0) is 13.0 Å². The lowest BCUT2D eigenvalue weighted by Gasteiger charge is -2.34. The summed E-state index contributed by atoms with van der Waals surface area (Å²) in [4.78, 5) is 12.9. The summed E-state index contributed by atoms with van der Waals surface area (Å²) < 4.78 is 10.2. The molecule has 2 atom stereocenters. The van der Waals surface area contributed by atoms with Crippen LogP contribution in [-0.4, -0.2) is 41.8 Å². The van der Waals surface area contributed by atoms with Crippen molar-refractivity contribution in [2.45, 2.75) is 19.1 Å². The third-order valence-electron chi connectivity index (χ3n) is 2.95. The van der Waals surface area contributed by atoms with Crippen LogP contribution in [-0.2, 0) is 9.53 Å². The monoisotopic (exact) mass is 225 g/mol. The van der Waals surface area contributed by atoms with E-state index in [2.05, 4.69) is 4.90 Å². The number of carbonyl (C=O) groups is 1. The normalized spacial score (nSPS) is 24.2. The fourth-order valence-corrected chi connectivity index (χ4v) is 1.89. The minimum Gasteiger partial charge on any atom is -0.479 e. The zero-order valence-corrected chi connectivity index (χ0v) is 9.13. The number of ether oxygens (including phenoxy) is 1. The van der Waals surface area contributed by atoms with Gasteiger partial charge in [-0.2, -0.15) is 0 Å². The van der Waals surface area contributed by atoms with E-state index in [9.17, 15) is 4.79 Å². The predicted octanol–water partition coefficient (Wildman–Crippen LogP) is 1.13. The molecule has 1 aliphatic heterocycles. The van der Waals surface area contributed by atoms with E-state index >= 15 is 0 Å². The molecule has 1 N–H and O–H groups in total. The van der Waals surface area contributed by atoms with E-state index in [1.807, 2.05) is 13.0 Å². The van der Waals surface area contributed by atoms with Crippen LogP contribution in [0.3, 0.4) is 0 Å². The van der Waals surface area contributed by atoms with Crippen LogP contribution in [0.1, 0.15) is 18.5 Å². The molecule has 88 valence electrons. The first-order valence-corrected chi connectivity index (χ1v) is 5.29. The van der Waals surface area contributed by atoms with Crippen LogP contribution < -0.4 is 0 Å². The Balaban J connectivity index is 2.01. The van der Waals surface area contributed by atoms with Gasteiger partial charge in [0.15, 0.2) is 6.10 Å². The molecule has 5 heteroatoms. The van der Waals surface area contributed by atoms with Gasteiger partial charge in [0.2, 0.25) is 0 Å². The zero-order chi connectivity index (χ0) is 11.5. The molecular formula is C11H15NO4. The number of carboxylic acid groups (broad SMARTS) is 1. The van der Waals surface area contributed by atoms with Gasteiger partial charge in [0.25, 0.3) is 0 Å². The summed E-state index contributed by atoms with van der Waals surface area (Å²) in [5.41, 5.74) is 1.06. The van der Waals surface area contributed by atoms with Gasteiger partial charge in [0.05, 0.1) is 19.1 Å². The van der Waals surface area contributed by atoms with E-state index in [1.54, 1.807) is 12.5 Å². The maximum absolute atomic E-state index is 10.8. The van der Waals surface area contributed by atoms with Gasteiger partial charge >= 0.3 is 5.97 Å². The second kappa shape index (κ2) is 4.67. The van der Waals surface area contributed by atoms with Crippen LogP contribution in [0.15, 0.2) is 23.0 Å². The van der Waals surface area contributed by atoms with Gasteiger partial charge in [-0.3, -0.25) is 4.90 Å². The highest BCUT2D eigenvalue weighted by atomic mass is 16.5. The smallest absolute Gasteiger partial charge is 0.334 e. The summed E-state index contributed by atoms with van der Waals surface area (Å²) in [6, 6.07) is 2.06. The molecule has 1 fully saturated rings. The number of morpholine rings is 1. The fourth-order valence-electron chi connectivity index (χ4n) is 1.89. The summed E-state index contributed by atoms with van der Waals surface area (Å²) >= 11 is 0. The van der Waals surface area contributed by atoms with E-state index in [0.29, 0.717) is 13.2 Å². The molecule has 0 saturated carbocycles. The Morgan fingerprint density at radius 2 is 2.50 bits per heavy atom. The van der Waals surface area contributed by atoms with Gasteiger partial charge in [-0.25, -0.2) is 4.79 Å². The molecule has 1 aliphatic rings. The Morgan fingerprint density at radius 3 is 3.12 bits per heavy atom. The second-order valence-corrected chi connectivity index (χ2v) is 3.93. The van der Waals surface area contributed by atoms with Crippen molar-refractivity contribution in [2.75, 3.05) is 19.7 Å². The quantitative estimate of drug-likeness (QED) is 0.835. The first-order chi connectivity index (χ1) is 7.68. The number of hydrogen-bond donors (Lipinski definition) is 1. The average molecular weight is 225 g/mol. The Bertz CT molecular complexity index is 349. The highest BCUT2D eigenvalue weighted by Crippen LogP contribution is 2.22. The predicted molar refractivity (Wildman–Crippen MR) is 56.1 cm³/mol. The van der Waals surface area contributed by atoms with Crippen molar-refractivity contribution in [1.82, 2.24) is 4.90 Å². The lowest BCUT2D eigenvalue weighted by Crippen LogP contribution is -2.46. The molecule has 0 amide bonds. The summed E-state index contributed by atoms with van der Waals surface area (Å²) in [5.74, 6) is -0.899. The fraction of sp³-hybridized carbons (Fsp3) is 0.545. The van der Waals surface area contributed by atoms with Gasteiger partial charge in [-0.1, -0.05) is 0 Å². The zero-order valence-electron chi connectivity index (χ0n) is 9.13. The van der Waals surface area contributed by atoms with E-state index < -0.39 is 12.1 Å². The molecule has 1 aromatic heterocycles. The van der Waals surface area contributed by atoms with Crippen LogP contribution in [0.25, 0.3) is 0 Å². The van der Waals surface area contributed by atoms with Crippen LogP contribution in [0.5, 0.6) is 0 Å². The third kappa shape index (κ3) is 2.25. The van der Waals surface area contributed by atoms with Crippen LogP contribution in [0, 0.1) is 0 Å². The van der Waals surface area contributed by atoms with E-state index in [-0.39, 0.29) is 6.04 Å².